The molecule has 0 amide bonds. The Kier molecular flexibility index (Phi) is 3.41. The van der Waals surface area contributed by atoms with E-state index in [-0.39, 0.29) is 0 Å². The van der Waals surface area contributed by atoms with Gasteiger partial charge < -0.3 is 10.5 Å². The zero-order valence-electron chi connectivity index (χ0n) is 8.56. The number of nitrogen functional groups attached to an aromatic ring is 1. The maximum Gasteiger partial charge on any atom is 0.134 e. The first-order valence-electron chi connectivity index (χ1n) is 4.83. The number of rotatable bonds is 3. The summed E-state index contributed by atoms with van der Waals surface area (Å²) >= 11 is 3.41. The Hall–Kier alpha value is -1.55. The van der Waals surface area contributed by atoms with Crippen molar-refractivity contribution in [2.45, 2.75) is 6.61 Å². The van der Waals surface area contributed by atoms with E-state index in [0.717, 1.165) is 15.9 Å². The van der Waals surface area contributed by atoms with E-state index < -0.39 is 0 Å². The summed E-state index contributed by atoms with van der Waals surface area (Å²) in [6.45, 7) is 0.410. The van der Waals surface area contributed by atoms with Gasteiger partial charge in [-0.2, -0.15) is 0 Å². The molecule has 3 nitrogen and oxygen atoms in total. The minimum atomic E-state index is 0.410. The van der Waals surface area contributed by atoms with Crippen LogP contribution >= 0.6 is 15.9 Å². The normalized spacial score (nSPS) is 10.1. The van der Waals surface area contributed by atoms with Crippen molar-refractivity contribution in [1.29, 1.82) is 0 Å². The van der Waals surface area contributed by atoms with Crippen LogP contribution in [-0.4, -0.2) is 4.98 Å². The molecule has 16 heavy (non-hydrogen) atoms. The molecule has 0 spiro atoms. The second kappa shape index (κ2) is 4.99. The average Bonchev–Trinajstić information content (AvgIpc) is 2.28. The van der Waals surface area contributed by atoms with Gasteiger partial charge in [0.25, 0.3) is 0 Å². The van der Waals surface area contributed by atoms with E-state index in [1.165, 1.54) is 0 Å². The van der Waals surface area contributed by atoms with E-state index in [0.29, 0.717) is 12.3 Å². The van der Waals surface area contributed by atoms with Crippen LogP contribution in [0.5, 0.6) is 5.75 Å². The van der Waals surface area contributed by atoms with Gasteiger partial charge in [-0.3, -0.25) is 4.98 Å². The molecule has 0 aliphatic heterocycles. The molecule has 4 heteroatoms. The molecule has 0 aliphatic carbocycles. The Morgan fingerprint density at radius 2 is 2.06 bits per heavy atom. The molecule has 1 aromatic heterocycles. The summed E-state index contributed by atoms with van der Waals surface area (Å²) in [5.41, 5.74) is 7.16. The number of anilines is 1. The maximum absolute atomic E-state index is 5.65. The molecule has 1 aromatic carbocycles. The van der Waals surface area contributed by atoms with E-state index >= 15 is 0 Å². The van der Waals surface area contributed by atoms with Crippen LogP contribution in [-0.2, 0) is 6.61 Å². The Balaban J connectivity index is 2.05. The topological polar surface area (TPSA) is 48.1 Å². The predicted molar refractivity (Wildman–Crippen MR) is 67.1 cm³/mol. The van der Waals surface area contributed by atoms with Crippen molar-refractivity contribution in [3.05, 3.63) is 52.8 Å². The monoisotopic (exact) mass is 278 g/mol. The highest BCUT2D eigenvalue weighted by molar-refractivity contribution is 9.10. The first-order chi connectivity index (χ1) is 7.75. The van der Waals surface area contributed by atoms with Gasteiger partial charge >= 0.3 is 0 Å². The van der Waals surface area contributed by atoms with Crippen LogP contribution in [0.3, 0.4) is 0 Å². The fourth-order valence-electron chi connectivity index (χ4n) is 1.29. The molecule has 0 bridgehead atoms. The molecule has 2 N–H and O–H groups in total. The van der Waals surface area contributed by atoms with Crippen LogP contribution in [0, 0.1) is 0 Å². The van der Waals surface area contributed by atoms with Gasteiger partial charge in [-0.1, -0.05) is 12.1 Å². The number of aromatic nitrogens is 1. The molecule has 0 atom stereocenters. The largest absolute Gasteiger partial charge is 0.486 e. The maximum atomic E-state index is 5.65. The quantitative estimate of drug-likeness (QED) is 0.939. The van der Waals surface area contributed by atoms with Gasteiger partial charge in [0.05, 0.1) is 10.2 Å². The number of hydrogen-bond acceptors (Lipinski definition) is 3. The van der Waals surface area contributed by atoms with Crippen molar-refractivity contribution < 1.29 is 4.74 Å². The fraction of sp³-hybridized carbons (Fsp3) is 0.0833. The van der Waals surface area contributed by atoms with Crippen molar-refractivity contribution in [3.63, 3.8) is 0 Å². The lowest BCUT2D eigenvalue weighted by atomic mass is 10.3. The van der Waals surface area contributed by atoms with Gasteiger partial charge in [0.1, 0.15) is 12.4 Å². The lowest BCUT2D eigenvalue weighted by molar-refractivity contribution is 0.299. The standard InChI is InChI=1S/C12H11BrN2O/c13-11-3-1-2-4-12(11)16-8-10-7-9(14)5-6-15-10/h1-7H,8H2,(H2,14,15). The SMILES string of the molecule is Nc1ccnc(COc2ccccc2Br)c1. The highest BCUT2D eigenvalue weighted by Crippen LogP contribution is 2.24. The van der Waals surface area contributed by atoms with E-state index in [9.17, 15) is 0 Å². The fourth-order valence-corrected chi connectivity index (χ4v) is 1.69. The average molecular weight is 279 g/mol. The summed E-state index contributed by atoms with van der Waals surface area (Å²) in [5, 5.41) is 0. The van der Waals surface area contributed by atoms with Crippen molar-refractivity contribution in [2.75, 3.05) is 5.73 Å². The first kappa shape index (κ1) is 11.0. The second-order valence-corrected chi connectivity index (χ2v) is 4.15. The van der Waals surface area contributed by atoms with E-state index in [2.05, 4.69) is 20.9 Å². The number of nitrogens with two attached hydrogens (primary N) is 1. The molecule has 0 radical (unpaired) electrons. The molecular weight excluding hydrogens is 268 g/mol. The Morgan fingerprint density at radius 1 is 1.25 bits per heavy atom. The Bertz CT molecular complexity index is 488. The lowest BCUT2D eigenvalue weighted by Gasteiger charge is -2.07. The number of nitrogens with zero attached hydrogens (tertiary/aromatic N) is 1. The summed E-state index contributed by atoms with van der Waals surface area (Å²) in [7, 11) is 0. The van der Waals surface area contributed by atoms with Gasteiger partial charge in [0, 0.05) is 11.9 Å². The number of ether oxygens (including phenoxy) is 1. The van der Waals surface area contributed by atoms with Gasteiger partial charge in [-0.15, -0.1) is 0 Å². The number of para-hydroxylation sites is 1. The third-order valence-corrected chi connectivity index (χ3v) is 2.71. The van der Waals surface area contributed by atoms with Gasteiger partial charge in [-0.05, 0) is 40.2 Å². The van der Waals surface area contributed by atoms with Crippen molar-refractivity contribution in [1.82, 2.24) is 4.98 Å². The van der Waals surface area contributed by atoms with E-state index in [4.69, 9.17) is 10.5 Å². The Morgan fingerprint density at radius 3 is 2.81 bits per heavy atom. The zero-order valence-corrected chi connectivity index (χ0v) is 10.1. The zero-order chi connectivity index (χ0) is 11.4. The summed E-state index contributed by atoms with van der Waals surface area (Å²) in [6.07, 6.45) is 1.67. The van der Waals surface area contributed by atoms with Crippen LogP contribution in [0.4, 0.5) is 5.69 Å². The molecule has 2 aromatic rings. The number of pyridine rings is 1. The molecule has 0 saturated carbocycles. The number of halogens is 1. The van der Waals surface area contributed by atoms with Crippen LogP contribution in [0.2, 0.25) is 0 Å². The molecule has 1 heterocycles. The van der Waals surface area contributed by atoms with E-state index in [1.54, 1.807) is 18.3 Å². The number of benzene rings is 1. The molecular formula is C12H11BrN2O. The third-order valence-electron chi connectivity index (χ3n) is 2.05. The first-order valence-corrected chi connectivity index (χ1v) is 5.63. The van der Waals surface area contributed by atoms with Crippen molar-refractivity contribution in [3.8, 4) is 5.75 Å². The van der Waals surface area contributed by atoms with Crippen molar-refractivity contribution >= 4 is 21.6 Å². The third kappa shape index (κ3) is 2.73. The minimum Gasteiger partial charge on any atom is -0.486 e. The summed E-state index contributed by atoms with van der Waals surface area (Å²) in [5.74, 6) is 0.798. The van der Waals surface area contributed by atoms with Crippen LogP contribution in [0.15, 0.2) is 47.1 Å². The Labute approximate surface area is 102 Å². The van der Waals surface area contributed by atoms with Gasteiger partial charge in [-0.25, -0.2) is 0 Å². The molecule has 0 unspecified atom stereocenters. The van der Waals surface area contributed by atoms with E-state index in [1.807, 2.05) is 24.3 Å². The lowest BCUT2D eigenvalue weighted by Crippen LogP contribution is -1.99. The number of hydrogen-bond donors (Lipinski definition) is 1. The van der Waals surface area contributed by atoms with Crippen molar-refractivity contribution in [2.24, 2.45) is 0 Å². The molecule has 2 rings (SSSR count). The van der Waals surface area contributed by atoms with Gasteiger partial charge in [0.15, 0.2) is 0 Å². The molecule has 0 saturated heterocycles. The molecule has 0 fully saturated rings. The summed E-state index contributed by atoms with van der Waals surface area (Å²) in [6, 6.07) is 11.2. The van der Waals surface area contributed by atoms with Crippen LogP contribution < -0.4 is 10.5 Å². The summed E-state index contributed by atoms with van der Waals surface area (Å²) in [4.78, 5) is 4.16. The smallest absolute Gasteiger partial charge is 0.134 e. The van der Waals surface area contributed by atoms with Gasteiger partial charge in [0.2, 0.25) is 0 Å². The highest BCUT2D eigenvalue weighted by Gasteiger charge is 2.00. The predicted octanol–water partition coefficient (Wildman–Crippen LogP) is 3.01. The summed E-state index contributed by atoms with van der Waals surface area (Å²) < 4.78 is 6.54. The van der Waals surface area contributed by atoms with Crippen LogP contribution in [0.25, 0.3) is 0 Å². The molecule has 82 valence electrons. The molecule has 0 aliphatic rings. The minimum absolute atomic E-state index is 0.410. The highest BCUT2D eigenvalue weighted by atomic mass is 79.9. The van der Waals surface area contributed by atoms with Crippen LogP contribution in [0.1, 0.15) is 5.69 Å². The second-order valence-electron chi connectivity index (χ2n) is 3.30.